The van der Waals surface area contributed by atoms with Crippen LogP contribution >= 0.6 is 0 Å². The van der Waals surface area contributed by atoms with Gasteiger partial charge in [-0.1, -0.05) is 47.6 Å². The summed E-state index contributed by atoms with van der Waals surface area (Å²) in [5.74, 6) is -0.295. The number of benzene rings is 1. The number of carbonyl (C=O) groups is 1. The van der Waals surface area contributed by atoms with E-state index in [1.165, 1.54) is 6.08 Å². The first-order chi connectivity index (χ1) is 11.2. The molecule has 6 nitrogen and oxygen atoms in total. The van der Waals surface area contributed by atoms with Crippen molar-refractivity contribution in [3.63, 3.8) is 0 Å². The third kappa shape index (κ3) is 4.91. The van der Waals surface area contributed by atoms with Crippen molar-refractivity contribution in [3.05, 3.63) is 75.7 Å². The van der Waals surface area contributed by atoms with E-state index in [0.717, 1.165) is 11.1 Å². The summed E-state index contributed by atoms with van der Waals surface area (Å²) >= 11 is 0. The van der Waals surface area contributed by atoms with Gasteiger partial charge in [0.2, 0.25) is 0 Å². The number of azide groups is 1. The molecule has 0 aliphatic heterocycles. The summed E-state index contributed by atoms with van der Waals surface area (Å²) in [7, 11) is 0. The molecule has 0 bridgehead atoms. The van der Waals surface area contributed by atoms with Crippen LogP contribution < -0.4 is 0 Å². The van der Waals surface area contributed by atoms with Crippen LogP contribution in [0.2, 0.25) is 0 Å². The molecule has 0 unspecified atom stereocenters. The van der Waals surface area contributed by atoms with Crippen LogP contribution in [0.25, 0.3) is 28.7 Å². The molecule has 1 aromatic carbocycles. The van der Waals surface area contributed by atoms with E-state index in [9.17, 15) is 4.79 Å². The van der Waals surface area contributed by atoms with E-state index >= 15 is 0 Å². The van der Waals surface area contributed by atoms with Crippen molar-refractivity contribution in [3.8, 4) is 0 Å². The third-order valence-electron chi connectivity index (χ3n) is 2.82. The Morgan fingerprint density at radius 1 is 1.30 bits per heavy atom. The molecule has 0 amide bonds. The average Bonchev–Trinajstić information content (AvgIpc) is 3.01. The Hall–Kier alpha value is -3.24. The molecule has 2 aromatic rings. The molecule has 0 aliphatic rings. The number of ether oxygens (including phenoxy) is 1. The van der Waals surface area contributed by atoms with Crippen LogP contribution in [0.15, 0.2) is 57.9 Å². The van der Waals surface area contributed by atoms with Gasteiger partial charge in [-0.25, -0.2) is 4.79 Å². The van der Waals surface area contributed by atoms with Crippen LogP contribution in [-0.4, -0.2) is 12.6 Å². The van der Waals surface area contributed by atoms with Gasteiger partial charge in [0.25, 0.3) is 0 Å². The van der Waals surface area contributed by atoms with Crippen molar-refractivity contribution >= 4 is 24.2 Å². The Kier molecular flexibility index (Phi) is 5.80. The lowest BCUT2D eigenvalue weighted by molar-refractivity contribution is -0.138. The smallest absolute Gasteiger partial charge is 0.340 e. The topological polar surface area (TPSA) is 88.2 Å². The lowest BCUT2D eigenvalue weighted by atomic mass is 10.2. The van der Waals surface area contributed by atoms with Gasteiger partial charge in [-0.2, -0.15) is 0 Å². The summed E-state index contributed by atoms with van der Waals surface area (Å²) in [5, 5.41) is 3.33. The minimum absolute atomic E-state index is 0.151. The van der Waals surface area contributed by atoms with E-state index in [-0.39, 0.29) is 12.3 Å². The lowest BCUT2D eigenvalue weighted by Gasteiger charge is -1.99. The first-order valence-electron chi connectivity index (χ1n) is 6.98. The molecule has 0 aliphatic carbocycles. The number of carbonyl (C=O) groups excluding carboxylic acids is 1. The van der Waals surface area contributed by atoms with Gasteiger partial charge in [-0.15, -0.1) is 0 Å². The molecule has 1 aromatic heterocycles. The van der Waals surface area contributed by atoms with Crippen molar-refractivity contribution in [2.45, 2.75) is 6.92 Å². The summed E-state index contributed by atoms with van der Waals surface area (Å²) in [6.07, 6.45) is 6.72. The molecular formula is C17H15N3O3. The average molecular weight is 309 g/mol. The SMILES string of the molecule is CCOC(=O)/C(=C\c1cc(C=Cc2ccccc2)co1)N=[N+]=[N-]. The maximum atomic E-state index is 11.6. The van der Waals surface area contributed by atoms with Crippen LogP contribution in [0.1, 0.15) is 23.8 Å². The number of furan rings is 1. The Morgan fingerprint density at radius 2 is 2.04 bits per heavy atom. The van der Waals surface area contributed by atoms with Crippen molar-refractivity contribution in [1.29, 1.82) is 0 Å². The van der Waals surface area contributed by atoms with E-state index in [2.05, 4.69) is 10.0 Å². The van der Waals surface area contributed by atoms with Gasteiger partial charge in [0.05, 0.1) is 12.9 Å². The molecule has 2 rings (SSSR count). The standard InChI is InChI=1S/C17H15N3O3/c1-2-22-17(21)16(19-20-18)11-15-10-14(12-23-15)9-8-13-6-4-3-5-7-13/h3-12H,2H2,1H3/b9-8?,16-11+. The Balaban J connectivity index is 2.17. The monoisotopic (exact) mass is 309 g/mol. The molecule has 0 radical (unpaired) electrons. The molecule has 0 saturated heterocycles. The molecule has 0 N–H and O–H groups in total. The van der Waals surface area contributed by atoms with Gasteiger partial charge >= 0.3 is 5.97 Å². The fraction of sp³-hybridized carbons (Fsp3) is 0.118. The Bertz CT molecular complexity index is 769. The maximum absolute atomic E-state index is 11.6. The first kappa shape index (κ1) is 16.1. The van der Waals surface area contributed by atoms with E-state index in [1.807, 2.05) is 42.5 Å². The highest BCUT2D eigenvalue weighted by Gasteiger charge is 2.09. The van der Waals surface area contributed by atoms with E-state index in [1.54, 1.807) is 19.3 Å². The van der Waals surface area contributed by atoms with Crippen molar-refractivity contribution in [2.24, 2.45) is 5.11 Å². The molecule has 6 heteroatoms. The highest BCUT2D eigenvalue weighted by molar-refractivity contribution is 5.93. The minimum atomic E-state index is -0.692. The second-order valence-electron chi connectivity index (χ2n) is 4.47. The Morgan fingerprint density at radius 3 is 2.74 bits per heavy atom. The molecule has 0 spiro atoms. The van der Waals surface area contributed by atoms with Crippen LogP contribution in [0.4, 0.5) is 0 Å². The van der Waals surface area contributed by atoms with E-state index in [0.29, 0.717) is 5.76 Å². The van der Waals surface area contributed by atoms with Crippen LogP contribution in [0, 0.1) is 0 Å². The number of hydrogen-bond acceptors (Lipinski definition) is 4. The van der Waals surface area contributed by atoms with Crippen molar-refractivity contribution < 1.29 is 13.9 Å². The zero-order valence-electron chi connectivity index (χ0n) is 12.5. The molecular weight excluding hydrogens is 294 g/mol. The molecule has 0 atom stereocenters. The maximum Gasteiger partial charge on any atom is 0.340 e. The van der Waals surface area contributed by atoms with E-state index in [4.69, 9.17) is 14.7 Å². The van der Waals surface area contributed by atoms with Gasteiger partial charge in [0.15, 0.2) is 0 Å². The minimum Gasteiger partial charge on any atom is -0.464 e. The fourth-order valence-corrected chi connectivity index (χ4v) is 1.80. The first-order valence-corrected chi connectivity index (χ1v) is 6.98. The third-order valence-corrected chi connectivity index (χ3v) is 2.82. The Labute approximate surface area is 133 Å². The number of hydrogen-bond donors (Lipinski definition) is 0. The largest absolute Gasteiger partial charge is 0.464 e. The summed E-state index contributed by atoms with van der Waals surface area (Å²) in [4.78, 5) is 14.3. The summed E-state index contributed by atoms with van der Waals surface area (Å²) in [6.45, 7) is 1.87. The van der Waals surface area contributed by atoms with Gasteiger partial charge < -0.3 is 9.15 Å². The fourth-order valence-electron chi connectivity index (χ4n) is 1.80. The van der Waals surface area contributed by atoms with Gasteiger partial charge in [0, 0.05) is 10.5 Å². The molecule has 23 heavy (non-hydrogen) atoms. The molecule has 0 fully saturated rings. The van der Waals surface area contributed by atoms with Gasteiger partial charge in [-0.3, -0.25) is 0 Å². The molecule has 1 heterocycles. The lowest BCUT2D eigenvalue weighted by Crippen LogP contribution is -2.05. The summed E-state index contributed by atoms with van der Waals surface area (Å²) < 4.78 is 10.2. The van der Waals surface area contributed by atoms with E-state index < -0.39 is 5.97 Å². The highest BCUT2D eigenvalue weighted by atomic mass is 16.5. The number of esters is 1. The quantitative estimate of drug-likeness (QED) is 0.255. The zero-order chi connectivity index (χ0) is 16.5. The van der Waals surface area contributed by atoms with Gasteiger partial charge in [0.1, 0.15) is 11.5 Å². The molecule has 116 valence electrons. The van der Waals surface area contributed by atoms with Crippen molar-refractivity contribution in [1.82, 2.24) is 0 Å². The molecule has 0 saturated carbocycles. The zero-order valence-corrected chi connectivity index (χ0v) is 12.5. The summed E-state index contributed by atoms with van der Waals surface area (Å²) in [5.41, 5.74) is 10.3. The second-order valence-corrected chi connectivity index (χ2v) is 4.47. The second kappa shape index (κ2) is 8.26. The number of nitrogens with zero attached hydrogens (tertiary/aromatic N) is 3. The highest BCUT2D eigenvalue weighted by Crippen LogP contribution is 2.16. The summed E-state index contributed by atoms with van der Waals surface area (Å²) in [6, 6.07) is 11.6. The predicted molar refractivity (Wildman–Crippen MR) is 87.8 cm³/mol. The van der Waals surface area contributed by atoms with Crippen molar-refractivity contribution in [2.75, 3.05) is 6.61 Å². The van der Waals surface area contributed by atoms with Gasteiger partial charge in [-0.05, 0) is 30.2 Å². The number of rotatable bonds is 6. The normalized spacial score (nSPS) is 11.3. The van der Waals surface area contributed by atoms with Crippen LogP contribution in [0.3, 0.4) is 0 Å². The van der Waals surface area contributed by atoms with Crippen LogP contribution in [0.5, 0.6) is 0 Å². The predicted octanol–water partition coefficient (Wildman–Crippen LogP) is 4.66. The van der Waals surface area contributed by atoms with Crippen LogP contribution in [-0.2, 0) is 9.53 Å².